The minimum absolute atomic E-state index is 0.00339. The van der Waals surface area contributed by atoms with Gasteiger partial charge >= 0.3 is 0 Å². The summed E-state index contributed by atoms with van der Waals surface area (Å²) in [6.07, 6.45) is 6.44. The van der Waals surface area contributed by atoms with Gasteiger partial charge in [0.25, 0.3) is 0 Å². The second-order valence-corrected chi connectivity index (χ2v) is 11.4. The zero-order chi connectivity index (χ0) is 23.0. The Morgan fingerprint density at radius 2 is 2.03 bits per heavy atom. The second kappa shape index (κ2) is 9.25. The molecule has 1 saturated carbocycles. The van der Waals surface area contributed by atoms with E-state index in [1.165, 1.54) is 5.56 Å². The monoisotopic (exact) mass is 484 g/mol. The van der Waals surface area contributed by atoms with Gasteiger partial charge in [0.2, 0.25) is 0 Å². The van der Waals surface area contributed by atoms with Crippen molar-refractivity contribution >= 4 is 33.9 Å². The van der Waals surface area contributed by atoms with Crippen molar-refractivity contribution in [3.63, 3.8) is 0 Å². The average Bonchev–Trinajstić information content (AvgIpc) is 3.01. The first kappa shape index (κ1) is 22.6. The summed E-state index contributed by atoms with van der Waals surface area (Å²) in [7, 11) is -1.17. The van der Waals surface area contributed by atoms with Crippen molar-refractivity contribution in [1.29, 1.82) is 5.26 Å². The van der Waals surface area contributed by atoms with Crippen LogP contribution in [0.4, 0.5) is 11.5 Å². The third-order valence-corrected chi connectivity index (χ3v) is 9.16. The van der Waals surface area contributed by atoms with E-state index in [0.29, 0.717) is 40.1 Å². The number of aryl methyl sites for hydroxylation is 1. The predicted molar refractivity (Wildman–Crippen MR) is 131 cm³/mol. The number of anilines is 2. The predicted octanol–water partition coefficient (Wildman–Crippen LogP) is 4.37. The molecule has 5 rings (SSSR count). The minimum atomic E-state index is -1.17. The molecule has 0 radical (unpaired) electrons. The van der Waals surface area contributed by atoms with E-state index in [9.17, 15) is 14.6 Å². The smallest absolute Gasteiger partial charge is 0.149 e. The van der Waals surface area contributed by atoms with Crippen LogP contribution >= 0.6 is 11.6 Å². The van der Waals surface area contributed by atoms with Gasteiger partial charge in [0.1, 0.15) is 17.5 Å². The number of aliphatic hydroxyl groups is 1. The Labute approximate surface area is 202 Å². The molecule has 2 unspecified atom stereocenters. The van der Waals surface area contributed by atoms with E-state index in [1.807, 2.05) is 12.1 Å². The first-order valence-corrected chi connectivity index (χ1v) is 13.5. The standard InChI is InChI=1S/C25H29ClN4O2S/c26-19-6-4-18(5-7-19)17-3-1-12-30(13-8-17)24-20(15-27)22(29-25(16-31)10-2-11-25)23-21(28-24)9-14-33(23)32/h4-7,17,31H,1-3,8-14,16H2,(H,28,29). The Morgan fingerprint density at radius 3 is 2.70 bits per heavy atom. The summed E-state index contributed by atoms with van der Waals surface area (Å²) >= 11 is 6.07. The number of nitriles is 1. The van der Waals surface area contributed by atoms with E-state index in [0.717, 1.165) is 62.3 Å². The molecule has 8 heteroatoms. The molecule has 1 aliphatic carbocycles. The number of pyridine rings is 1. The molecule has 3 aliphatic rings. The van der Waals surface area contributed by atoms with Crippen LogP contribution in [0.5, 0.6) is 0 Å². The lowest BCUT2D eigenvalue weighted by atomic mass is 9.77. The molecule has 1 saturated heterocycles. The maximum Gasteiger partial charge on any atom is 0.149 e. The van der Waals surface area contributed by atoms with Crippen LogP contribution in [0.1, 0.15) is 61.3 Å². The number of nitrogens with one attached hydrogen (secondary N) is 1. The first-order chi connectivity index (χ1) is 16.0. The van der Waals surface area contributed by atoms with Gasteiger partial charge in [-0.15, -0.1) is 0 Å². The first-order valence-electron chi connectivity index (χ1n) is 11.8. The molecular weight excluding hydrogens is 456 g/mol. The molecule has 0 bridgehead atoms. The van der Waals surface area contributed by atoms with Crippen LogP contribution in [0.25, 0.3) is 0 Å². The minimum Gasteiger partial charge on any atom is -0.394 e. The summed E-state index contributed by atoms with van der Waals surface area (Å²) in [6.45, 7) is 1.64. The van der Waals surface area contributed by atoms with Crippen molar-refractivity contribution in [3.8, 4) is 6.07 Å². The van der Waals surface area contributed by atoms with Crippen LogP contribution in [0, 0.1) is 11.3 Å². The summed E-state index contributed by atoms with van der Waals surface area (Å²) in [4.78, 5) is 7.80. The highest BCUT2D eigenvalue weighted by Gasteiger charge is 2.40. The molecule has 174 valence electrons. The Hall–Kier alpha value is -2.14. The fourth-order valence-electron chi connectivity index (χ4n) is 5.33. The number of hydrogen-bond donors (Lipinski definition) is 2. The van der Waals surface area contributed by atoms with Crippen molar-refractivity contribution in [3.05, 3.63) is 46.1 Å². The molecule has 2 aromatic rings. The summed E-state index contributed by atoms with van der Waals surface area (Å²) in [5.41, 5.74) is 2.81. The van der Waals surface area contributed by atoms with Gasteiger partial charge < -0.3 is 15.3 Å². The van der Waals surface area contributed by atoms with E-state index >= 15 is 0 Å². The van der Waals surface area contributed by atoms with Crippen LogP contribution in [-0.2, 0) is 17.2 Å². The van der Waals surface area contributed by atoms with E-state index in [4.69, 9.17) is 16.6 Å². The molecule has 2 fully saturated rings. The van der Waals surface area contributed by atoms with Crippen molar-refractivity contribution in [1.82, 2.24) is 4.98 Å². The topological polar surface area (TPSA) is 89.2 Å². The normalized spacial score (nSPS) is 23.8. The fraction of sp³-hybridized carbons (Fsp3) is 0.520. The largest absolute Gasteiger partial charge is 0.394 e. The van der Waals surface area contributed by atoms with Crippen LogP contribution in [0.2, 0.25) is 5.02 Å². The number of hydrogen-bond acceptors (Lipinski definition) is 6. The van der Waals surface area contributed by atoms with Crippen LogP contribution < -0.4 is 10.2 Å². The van der Waals surface area contributed by atoms with Gasteiger partial charge in [0.15, 0.2) is 0 Å². The second-order valence-electron chi connectivity index (χ2n) is 9.46. The van der Waals surface area contributed by atoms with Gasteiger partial charge in [-0.3, -0.25) is 4.21 Å². The summed E-state index contributed by atoms with van der Waals surface area (Å²) < 4.78 is 12.8. The molecule has 2 aliphatic heterocycles. The van der Waals surface area contributed by atoms with E-state index < -0.39 is 16.3 Å². The summed E-state index contributed by atoms with van der Waals surface area (Å²) in [5.74, 6) is 1.68. The molecule has 0 amide bonds. The lowest BCUT2D eigenvalue weighted by Gasteiger charge is -2.42. The molecule has 3 heterocycles. The number of fused-ring (bicyclic) bond motifs is 1. The van der Waals surface area contributed by atoms with Crippen LogP contribution in [-0.4, -0.2) is 45.3 Å². The highest BCUT2D eigenvalue weighted by atomic mass is 35.5. The summed E-state index contributed by atoms with van der Waals surface area (Å²) in [6, 6.07) is 10.5. The molecule has 0 spiro atoms. The van der Waals surface area contributed by atoms with Crippen LogP contribution in [0.3, 0.4) is 0 Å². The SMILES string of the molecule is N#Cc1c(N2CCCC(c3ccc(Cl)cc3)CC2)nc2c(c1NC1(CO)CCC1)S(=O)CC2. The van der Waals surface area contributed by atoms with Gasteiger partial charge in [-0.05, 0) is 62.1 Å². The Balaban J connectivity index is 1.48. The molecule has 6 nitrogen and oxygen atoms in total. The number of aliphatic hydroxyl groups excluding tert-OH is 1. The zero-order valence-corrected chi connectivity index (χ0v) is 20.2. The molecule has 1 aromatic carbocycles. The summed E-state index contributed by atoms with van der Waals surface area (Å²) in [5, 5.41) is 24.5. The van der Waals surface area contributed by atoms with Gasteiger partial charge in [-0.1, -0.05) is 23.7 Å². The number of rotatable bonds is 5. The van der Waals surface area contributed by atoms with Crippen molar-refractivity contribution in [2.24, 2.45) is 0 Å². The number of nitrogens with zero attached hydrogens (tertiary/aromatic N) is 3. The molecule has 33 heavy (non-hydrogen) atoms. The average molecular weight is 485 g/mol. The van der Waals surface area contributed by atoms with Gasteiger partial charge in [-0.2, -0.15) is 5.26 Å². The molecular formula is C25H29ClN4O2S. The number of halogens is 1. The maximum absolute atomic E-state index is 12.8. The number of benzene rings is 1. The third-order valence-electron chi connectivity index (χ3n) is 7.44. The number of aromatic nitrogens is 1. The lowest BCUT2D eigenvalue weighted by molar-refractivity contribution is 0.144. The highest BCUT2D eigenvalue weighted by Crippen LogP contribution is 2.43. The molecule has 1 aromatic heterocycles. The van der Waals surface area contributed by atoms with Crippen LogP contribution in [0.15, 0.2) is 29.2 Å². The lowest BCUT2D eigenvalue weighted by Crippen LogP contribution is -2.48. The molecule has 2 atom stereocenters. The van der Waals surface area contributed by atoms with Gasteiger partial charge in [0.05, 0.1) is 39.2 Å². The Kier molecular flexibility index (Phi) is 6.34. The Morgan fingerprint density at radius 1 is 1.24 bits per heavy atom. The van der Waals surface area contributed by atoms with Crippen molar-refractivity contribution in [2.75, 3.05) is 35.7 Å². The zero-order valence-electron chi connectivity index (χ0n) is 18.6. The van der Waals surface area contributed by atoms with Crippen molar-refractivity contribution in [2.45, 2.75) is 61.3 Å². The third kappa shape index (κ3) is 4.25. The highest BCUT2D eigenvalue weighted by molar-refractivity contribution is 7.85. The van der Waals surface area contributed by atoms with E-state index in [1.54, 1.807) is 0 Å². The fourth-order valence-corrected chi connectivity index (χ4v) is 6.83. The van der Waals surface area contributed by atoms with Gasteiger partial charge in [0, 0.05) is 30.3 Å². The maximum atomic E-state index is 12.8. The van der Waals surface area contributed by atoms with E-state index in [-0.39, 0.29) is 6.61 Å². The van der Waals surface area contributed by atoms with Gasteiger partial charge in [-0.25, -0.2) is 4.98 Å². The van der Waals surface area contributed by atoms with Crippen molar-refractivity contribution < 1.29 is 9.32 Å². The Bertz CT molecular complexity index is 1110. The quantitative estimate of drug-likeness (QED) is 0.655. The molecule has 2 N–H and O–H groups in total. The van der Waals surface area contributed by atoms with E-state index in [2.05, 4.69) is 28.4 Å².